The van der Waals surface area contributed by atoms with Crippen LogP contribution in [0.5, 0.6) is 0 Å². The normalized spacial score (nSPS) is 28.1. The molecule has 2 nitrogen and oxygen atoms in total. The van der Waals surface area contributed by atoms with Crippen LogP contribution in [0.4, 0.5) is 0 Å². The standard InChI is InChI=1S/C4H4NOS/c1-4-5-2-3-7(4)6/h3H,1H3/q-1. The SMILES string of the molecule is CC1=N[C-]=CS1=O. The van der Waals surface area contributed by atoms with E-state index in [1.807, 2.05) is 0 Å². The van der Waals surface area contributed by atoms with Crippen LogP contribution in [-0.2, 0) is 10.8 Å². The smallest absolute Gasteiger partial charge is 0.00991 e. The molecule has 0 radical (unpaired) electrons. The molecule has 0 bridgehead atoms. The molecule has 38 valence electrons. The summed E-state index contributed by atoms with van der Waals surface area (Å²) in [6.45, 7) is 1.71. The summed E-state index contributed by atoms with van der Waals surface area (Å²) in [4.78, 5) is 3.63. The largest absolute Gasteiger partial charge is 0.447 e. The van der Waals surface area contributed by atoms with Crippen LogP contribution < -0.4 is 0 Å². The highest BCUT2D eigenvalue weighted by Crippen LogP contribution is 1.97. The molecule has 0 aliphatic carbocycles. The summed E-state index contributed by atoms with van der Waals surface area (Å²) in [7, 11) is -0.954. The van der Waals surface area contributed by atoms with E-state index in [1.165, 1.54) is 5.41 Å². The van der Waals surface area contributed by atoms with Crippen molar-refractivity contribution >= 4 is 15.8 Å². The van der Waals surface area contributed by atoms with Crippen molar-refractivity contribution in [1.82, 2.24) is 0 Å². The van der Waals surface area contributed by atoms with Crippen LogP contribution in [0.1, 0.15) is 6.92 Å². The maximum atomic E-state index is 10.4. The van der Waals surface area contributed by atoms with Crippen LogP contribution in [0.3, 0.4) is 0 Å². The van der Waals surface area contributed by atoms with Crippen molar-refractivity contribution in [3.05, 3.63) is 11.6 Å². The van der Waals surface area contributed by atoms with E-state index in [0.717, 1.165) is 0 Å². The molecule has 3 heteroatoms. The van der Waals surface area contributed by atoms with Gasteiger partial charge in [0.05, 0.1) is 0 Å². The summed E-state index contributed by atoms with van der Waals surface area (Å²) in [6, 6.07) is 0. The van der Waals surface area contributed by atoms with Crippen LogP contribution in [0, 0.1) is 6.20 Å². The van der Waals surface area contributed by atoms with Gasteiger partial charge in [-0.3, -0.25) is 4.21 Å². The summed E-state index contributed by atoms with van der Waals surface area (Å²) in [6.07, 6.45) is 2.48. The lowest BCUT2D eigenvalue weighted by atomic mass is 10.8. The summed E-state index contributed by atoms with van der Waals surface area (Å²) in [5, 5.41) is 2.08. The van der Waals surface area contributed by atoms with Gasteiger partial charge in [0.15, 0.2) is 0 Å². The average molecular weight is 114 g/mol. The highest BCUT2D eigenvalue weighted by Gasteiger charge is 1.88. The Morgan fingerprint density at radius 1 is 2.00 bits per heavy atom. The van der Waals surface area contributed by atoms with Gasteiger partial charge in [0, 0.05) is 0 Å². The predicted molar refractivity (Wildman–Crippen MR) is 29.1 cm³/mol. The molecule has 1 atom stereocenters. The van der Waals surface area contributed by atoms with Gasteiger partial charge in [0.1, 0.15) is 0 Å². The van der Waals surface area contributed by atoms with E-state index in [4.69, 9.17) is 0 Å². The Morgan fingerprint density at radius 2 is 2.71 bits per heavy atom. The highest BCUT2D eigenvalue weighted by molar-refractivity contribution is 8.03. The molecule has 0 aromatic heterocycles. The molecule has 1 heterocycles. The van der Waals surface area contributed by atoms with E-state index in [-0.39, 0.29) is 0 Å². The second-order valence-electron chi connectivity index (χ2n) is 1.18. The molecule has 0 spiro atoms. The van der Waals surface area contributed by atoms with Crippen molar-refractivity contribution in [3.63, 3.8) is 0 Å². The summed E-state index contributed by atoms with van der Waals surface area (Å²) >= 11 is 0. The van der Waals surface area contributed by atoms with E-state index in [0.29, 0.717) is 5.04 Å². The van der Waals surface area contributed by atoms with Crippen molar-refractivity contribution in [1.29, 1.82) is 0 Å². The third kappa shape index (κ3) is 0.771. The van der Waals surface area contributed by atoms with Gasteiger partial charge in [-0.1, -0.05) is 12.3 Å². The molecule has 0 fully saturated rings. The lowest BCUT2D eigenvalue weighted by Crippen LogP contribution is -1.91. The van der Waals surface area contributed by atoms with Gasteiger partial charge in [-0.05, 0) is 15.8 Å². The maximum Gasteiger partial charge on any atom is -0.00991 e. The van der Waals surface area contributed by atoms with Gasteiger partial charge in [0.2, 0.25) is 0 Å². The molecule has 1 aliphatic heterocycles. The average Bonchev–Trinajstić information content (AvgIpc) is 1.91. The Labute approximate surface area is 44.4 Å². The van der Waals surface area contributed by atoms with E-state index in [1.54, 1.807) is 6.92 Å². The second-order valence-corrected chi connectivity index (χ2v) is 2.60. The van der Waals surface area contributed by atoms with E-state index >= 15 is 0 Å². The minimum absolute atomic E-state index is 0.639. The minimum atomic E-state index is -0.954. The van der Waals surface area contributed by atoms with Crippen molar-refractivity contribution in [2.45, 2.75) is 6.92 Å². The maximum absolute atomic E-state index is 10.4. The molecule has 0 saturated carbocycles. The first-order valence-electron chi connectivity index (χ1n) is 1.84. The quantitative estimate of drug-likeness (QED) is 0.420. The Kier molecular flexibility index (Phi) is 1.06. The molecule has 7 heavy (non-hydrogen) atoms. The van der Waals surface area contributed by atoms with Gasteiger partial charge in [-0.15, -0.1) is 6.20 Å². The zero-order chi connectivity index (χ0) is 5.28. The lowest BCUT2D eigenvalue weighted by Gasteiger charge is -1.91. The fourth-order valence-electron chi connectivity index (χ4n) is 0.295. The first kappa shape index (κ1) is 4.71. The van der Waals surface area contributed by atoms with Crippen LogP contribution >= 0.6 is 0 Å². The molecule has 0 amide bonds. The predicted octanol–water partition coefficient (Wildman–Crippen LogP) is 0.441. The van der Waals surface area contributed by atoms with Crippen LogP contribution in [0.2, 0.25) is 0 Å². The van der Waals surface area contributed by atoms with E-state index < -0.39 is 10.8 Å². The summed E-state index contributed by atoms with van der Waals surface area (Å²) < 4.78 is 10.4. The van der Waals surface area contributed by atoms with Gasteiger partial charge in [0.25, 0.3) is 0 Å². The van der Waals surface area contributed by atoms with Gasteiger partial charge in [-0.25, -0.2) is 0 Å². The Balaban J connectivity index is 2.89. The molecular weight excluding hydrogens is 110 g/mol. The first-order valence-corrected chi connectivity index (χ1v) is 3.06. The monoisotopic (exact) mass is 114 g/mol. The Bertz CT molecular complexity index is 159. The molecule has 1 aliphatic rings. The van der Waals surface area contributed by atoms with Crippen molar-refractivity contribution in [2.24, 2.45) is 4.99 Å². The number of nitrogens with zero attached hydrogens (tertiary/aromatic N) is 1. The molecule has 0 aromatic carbocycles. The topological polar surface area (TPSA) is 29.4 Å². The molecule has 0 aromatic rings. The number of aliphatic imine (C=N–C) groups is 1. The van der Waals surface area contributed by atoms with Crippen LogP contribution in [0.25, 0.3) is 0 Å². The molecular formula is C4H4NOS-. The first-order chi connectivity index (χ1) is 3.30. The number of hydrogen-bond acceptors (Lipinski definition) is 2. The van der Waals surface area contributed by atoms with Crippen molar-refractivity contribution in [2.75, 3.05) is 0 Å². The fourth-order valence-corrected chi connectivity index (χ4v) is 0.757. The lowest BCUT2D eigenvalue weighted by molar-refractivity contribution is 0.694. The molecule has 1 unspecified atom stereocenters. The van der Waals surface area contributed by atoms with E-state index in [9.17, 15) is 4.21 Å². The summed E-state index contributed by atoms with van der Waals surface area (Å²) in [5.41, 5.74) is 0. The summed E-state index contributed by atoms with van der Waals surface area (Å²) in [5.74, 6) is 0. The minimum Gasteiger partial charge on any atom is -0.447 e. The second kappa shape index (κ2) is 1.58. The number of rotatable bonds is 0. The highest BCUT2D eigenvalue weighted by atomic mass is 32.2. The van der Waals surface area contributed by atoms with Gasteiger partial charge < -0.3 is 4.99 Å². The Morgan fingerprint density at radius 3 is 2.86 bits per heavy atom. The van der Waals surface area contributed by atoms with Crippen LogP contribution in [-0.4, -0.2) is 9.25 Å². The van der Waals surface area contributed by atoms with Crippen LogP contribution in [0.15, 0.2) is 10.4 Å². The van der Waals surface area contributed by atoms with Gasteiger partial charge >= 0.3 is 0 Å². The Hall–Kier alpha value is -0.440. The van der Waals surface area contributed by atoms with Crippen molar-refractivity contribution < 1.29 is 4.21 Å². The fraction of sp³-hybridized carbons (Fsp3) is 0.250. The van der Waals surface area contributed by atoms with Gasteiger partial charge in [-0.2, -0.15) is 0 Å². The number of hydrogen-bond donors (Lipinski definition) is 0. The zero-order valence-corrected chi connectivity index (χ0v) is 4.66. The zero-order valence-electron chi connectivity index (χ0n) is 3.84. The molecule has 1 rings (SSSR count). The van der Waals surface area contributed by atoms with E-state index in [2.05, 4.69) is 11.2 Å². The van der Waals surface area contributed by atoms with Crippen molar-refractivity contribution in [3.8, 4) is 0 Å². The third-order valence-electron chi connectivity index (χ3n) is 0.673. The molecule has 0 saturated heterocycles. The third-order valence-corrected chi connectivity index (χ3v) is 1.67. The molecule has 0 N–H and O–H groups in total.